The van der Waals surface area contributed by atoms with Crippen molar-refractivity contribution in [2.24, 2.45) is 0 Å². The van der Waals surface area contributed by atoms with Gasteiger partial charge >= 0.3 is 0 Å². The molecule has 2 aromatic carbocycles. The molecule has 4 aromatic rings. The Kier molecular flexibility index (Phi) is 6.07. The van der Waals surface area contributed by atoms with Crippen molar-refractivity contribution in [1.29, 1.82) is 5.26 Å². The van der Waals surface area contributed by atoms with Crippen molar-refractivity contribution in [2.45, 2.75) is 13.0 Å². The van der Waals surface area contributed by atoms with E-state index < -0.39 is 5.91 Å². The number of ketones is 2. The number of carbonyl (C=O) groups excluding carboxylic acids is 3. The average molecular weight is 477 g/mol. The van der Waals surface area contributed by atoms with Crippen LogP contribution >= 0.6 is 0 Å². The highest BCUT2D eigenvalue weighted by atomic mass is 16.3. The van der Waals surface area contributed by atoms with E-state index in [2.05, 4.69) is 21.4 Å². The second kappa shape index (κ2) is 9.64. The van der Waals surface area contributed by atoms with E-state index >= 15 is 0 Å². The molecule has 0 aliphatic heterocycles. The van der Waals surface area contributed by atoms with Crippen LogP contribution in [0.3, 0.4) is 0 Å². The summed E-state index contributed by atoms with van der Waals surface area (Å²) < 4.78 is 5.44. The predicted octanol–water partition coefficient (Wildman–Crippen LogP) is 4.02. The molecule has 9 heteroatoms. The van der Waals surface area contributed by atoms with E-state index in [9.17, 15) is 14.4 Å². The van der Waals surface area contributed by atoms with Crippen LogP contribution in [0.2, 0.25) is 0 Å². The second-order valence-electron chi connectivity index (χ2n) is 8.09. The van der Waals surface area contributed by atoms with Gasteiger partial charge in [0.25, 0.3) is 5.91 Å². The first-order chi connectivity index (χ1) is 17.6. The van der Waals surface area contributed by atoms with E-state index in [4.69, 9.17) is 9.68 Å². The molecular weight excluding hydrogens is 458 g/mol. The number of hydrogen-bond acceptors (Lipinski definition) is 8. The van der Waals surface area contributed by atoms with Crippen LogP contribution in [0.4, 0.5) is 11.5 Å². The molecule has 5 rings (SSSR count). The summed E-state index contributed by atoms with van der Waals surface area (Å²) in [6.45, 7) is 0.690. The van der Waals surface area contributed by atoms with Crippen molar-refractivity contribution in [3.05, 3.63) is 107 Å². The van der Waals surface area contributed by atoms with Crippen LogP contribution < -0.4 is 10.2 Å². The highest BCUT2D eigenvalue weighted by molar-refractivity contribution is 6.28. The maximum absolute atomic E-state index is 13.2. The molecule has 1 aliphatic carbocycles. The minimum Gasteiger partial charge on any atom is -0.467 e. The number of benzene rings is 2. The topological polar surface area (TPSA) is 129 Å². The molecule has 0 atom stereocenters. The highest BCUT2D eigenvalue weighted by Crippen LogP contribution is 2.29. The average Bonchev–Trinajstić information content (AvgIpc) is 3.43. The Hall–Kier alpha value is -5.10. The van der Waals surface area contributed by atoms with Gasteiger partial charge in [-0.2, -0.15) is 5.26 Å². The molecule has 2 heterocycles. The minimum absolute atomic E-state index is 0.185. The van der Waals surface area contributed by atoms with Gasteiger partial charge in [-0.3, -0.25) is 14.4 Å². The number of hydrogen-bond donors (Lipinski definition) is 1. The Labute approximate surface area is 206 Å². The Morgan fingerprint density at radius 1 is 1.00 bits per heavy atom. The number of anilines is 2. The zero-order chi connectivity index (χ0) is 25.1. The van der Waals surface area contributed by atoms with Crippen LogP contribution in [-0.2, 0) is 6.54 Å². The normalized spacial score (nSPS) is 11.9. The Bertz CT molecular complexity index is 1520. The number of aromatic nitrogens is 2. The lowest BCUT2D eigenvalue weighted by atomic mass is 9.83. The number of carbonyl (C=O) groups is 3. The van der Waals surface area contributed by atoms with E-state index in [0.717, 1.165) is 0 Å². The van der Waals surface area contributed by atoms with E-state index in [1.54, 1.807) is 36.6 Å². The third-order valence-electron chi connectivity index (χ3n) is 5.85. The first-order valence-corrected chi connectivity index (χ1v) is 11.1. The smallest absolute Gasteiger partial charge is 0.255 e. The molecule has 0 saturated carbocycles. The molecule has 0 bridgehead atoms. The van der Waals surface area contributed by atoms with Gasteiger partial charge in [0, 0.05) is 34.4 Å². The Morgan fingerprint density at radius 2 is 1.75 bits per heavy atom. The molecule has 0 saturated heterocycles. The summed E-state index contributed by atoms with van der Waals surface area (Å²) in [6.07, 6.45) is 4.61. The van der Waals surface area contributed by atoms with E-state index in [1.165, 1.54) is 30.7 Å². The third kappa shape index (κ3) is 4.23. The summed E-state index contributed by atoms with van der Waals surface area (Å²) in [5, 5.41) is 11.9. The maximum Gasteiger partial charge on any atom is 0.255 e. The van der Waals surface area contributed by atoms with E-state index in [-0.39, 0.29) is 34.7 Å². The number of fused-ring (bicyclic) bond motifs is 2. The fraction of sp³-hybridized carbons (Fsp3) is 0.111. The lowest BCUT2D eigenvalue weighted by Gasteiger charge is -2.24. The number of nitriles is 1. The zero-order valence-corrected chi connectivity index (χ0v) is 19.0. The first kappa shape index (κ1) is 22.7. The van der Waals surface area contributed by atoms with Crippen molar-refractivity contribution in [1.82, 2.24) is 9.97 Å². The first-order valence-electron chi connectivity index (χ1n) is 11.1. The molecule has 0 spiro atoms. The number of amides is 1. The van der Waals surface area contributed by atoms with Gasteiger partial charge in [0.2, 0.25) is 0 Å². The monoisotopic (exact) mass is 477 g/mol. The third-order valence-corrected chi connectivity index (χ3v) is 5.85. The molecule has 1 N–H and O–H groups in total. The van der Waals surface area contributed by atoms with Crippen LogP contribution in [0.1, 0.15) is 54.4 Å². The molecule has 1 aliphatic rings. The van der Waals surface area contributed by atoms with Gasteiger partial charge in [-0.1, -0.05) is 24.3 Å². The Morgan fingerprint density at radius 3 is 2.47 bits per heavy atom. The van der Waals surface area contributed by atoms with Crippen LogP contribution in [0.25, 0.3) is 0 Å². The van der Waals surface area contributed by atoms with Crippen molar-refractivity contribution in [3.63, 3.8) is 0 Å². The summed E-state index contributed by atoms with van der Waals surface area (Å²) in [4.78, 5) is 49.2. The lowest BCUT2D eigenvalue weighted by molar-refractivity contribution is 0.0978. The van der Waals surface area contributed by atoms with Crippen molar-refractivity contribution in [3.8, 4) is 6.07 Å². The standard InChI is InChI=1S/C27H19N5O4/c28-10-4-11-32(15-18-5-3-12-36-18)26-23(14-29-16-30-26)31-27(35)17-8-9-21-22(13-17)25(34)20-7-2-1-6-19(20)24(21)33/h1-3,5-9,12-14,16H,4,11,15H2,(H,31,35). The minimum atomic E-state index is -0.494. The molecule has 2 aromatic heterocycles. The molecule has 0 fully saturated rings. The van der Waals surface area contributed by atoms with Crippen LogP contribution in [-0.4, -0.2) is 34.0 Å². The summed E-state index contributed by atoms with van der Waals surface area (Å²) in [5.41, 5.74) is 1.66. The van der Waals surface area contributed by atoms with Crippen LogP contribution in [0.5, 0.6) is 0 Å². The molecule has 1 amide bonds. The SMILES string of the molecule is N#CCCN(Cc1ccco1)c1ncncc1NC(=O)c1ccc2c(c1)C(=O)c1ccccc1C2=O. The van der Waals surface area contributed by atoms with Crippen LogP contribution in [0, 0.1) is 11.3 Å². The maximum atomic E-state index is 13.2. The van der Waals surface area contributed by atoms with Gasteiger partial charge in [-0.15, -0.1) is 0 Å². The number of furan rings is 1. The summed E-state index contributed by atoms with van der Waals surface area (Å²) >= 11 is 0. The van der Waals surface area contributed by atoms with Crippen molar-refractivity contribution >= 4 is 29.0 Å². The van der Waals surface area contributed by atoms with Crippen LogP contribution in [0.15, 0.2) is 77.8 Å². The lowest BCUT2D eigenvalue weighted by Crippen LogP contribution is -2.27. The molecular formula is C27H19N5O4. The van der Waals surface area contributed by atoms with Gasteiger partial charge in [0.15, 0.2) is 17.4 Å². The molecule has 176 valence electrons. The number of nitrogens with one attached hydrogen (secondary N) is 1. The second-order valence-corrected chi connectivity index (χ2v) is 8.09. The van der Waals surface area contributed by atoms with Crippen molar-refractivity contribution < 1.29 is 18.8 Å². The van der Waals surface area contributed by atoms with Gasteiger partial charge in [0.05, 0.1) is 31.5 Å². The molecule has 36 heavy (non-hydrogen) atoms. The predicted molar refractivity (Wildman–Crippen MR) is 130 cm³/mol. The number of rotatable bonds is 7. The molecule has 9 nitrogen and oxygen atoms in total. The summed E-state index contributed by atoms with van der Waals surface area (Å²) in [5.74, 6) is 0.0352. The quantitative estimate of drug-likeness (QED) is 0.372. The van der Waals surface area contributed by atoms with Crippen molar-refractivity contribution in [2.75, 3.05) is 16.8 Å². The van der Waals surface area contributed by atoms with Gasteiger partial charge in [0.1, 0.15) is 17.8 Å². The molecule has 0 radical (unpaired) electrons. The Balaban J connectivity index is 1.43. The molecule has 0 unspecified atom stereocenters. The van der Waals surface area contributed by atoms with Gasteiger partial charge in [-0.25, -0.2) is 9.97 Å². The number of nitrogens with zero attached hydrogens (tertiary/aromatic N) is 4. The van der Waals surface area contributed by atoms with Gasteiger partial charge < -0.3 is 14.6 Å². The van der Waals surface area contributed by atoms with E-state index in [1.807, 2.05) is 11.0 Å². The fourth-order valence-corrected chi connectivity index (χ4v) is 4.13. The van der Waals surface area contributed by atoms with E-state index in [0.29, 0.717) is 41.5 Å². The summed E-state index contributed by atoms with van der Waals surface area (Å²) in [7, 11) is 0. The largest absolute Gasteiger partial charge is 0.467 e. The summed E-state index contributed by atoms with van der Waals surface area (Å²) in [6, 6.07) is 16.8. The highest BCUT2D eigenvalue weighted by Gasteiger charge is 2.30. The van der Waals surface area contributed by atoms with Gasteiger partial charge in [-0.05, 0) is 30.3 Å². The zero-order valence-electron chi connectivity index (χ0n) is 19.0. The fourth-order valence-electron chi connectivity index (χ4n) is 4.13.